The fourth-order valence-corrected chi connectivity index (χ4v) is 6.18. The van der Waals surface area contributed by atoms with Crippen molar-refractivity contribution < 1.29 is 10.2 Å². The molecule has 3 unspecified atom stereocenters. The Balaban J connectivity index is 1.78. The normalized spacial score (nSPS) is 53.9. The summed E-state index contributed by atoms with van der Waals surface area (Å²) in [5, 5.41) is 20.5. The lowest BCUT2D eigenvalue weighted by atomic mass is 9.49. The van der Waals surface area contributed by atoms with E-state index in [-0.39, 0.29) is 23.0 Å². The standard InChI is InChI=1S/C19H29NO2/c1-18-7-5-12(21)9-11(18)10-15(20)17-13-3-4-16(22)19(13,2)8-6-14(17)18/h5,7,11-14,16,21-22H,3-4,6,8-10,20H2,1-2H3/t11?,12?,13-,14+,16?,18-,19-/m0/s1. The summed E-state index contributed by atoms with van der Waals surface area (Å²) in [5.41, 5.74) is 9.24. The second kappa shape index (κ2) is 4.61. The van der Waals surface area contributed by atoms with Gasteiger partial charge in [-0.3, -0.25) is 0 Å². The van der Waals surface area contributed by atoms with E-state index in [4.69, 9.17) is 5.73 Å². The van der Waals surface area contributed by atoms with Crippen LogP contribution in [0.5, 0.6) is 0 Å². The van der Waals surface area contributed by atoms with E-state index >= 15 is 0 Å². The van der Waals surface area contributed by atoms with Crippen LogP contribution in [0, 0.1) is 28.6 Å². The van der Waals surface area contributed by atoms with Crippen molar-refractivity contribution in [2.45, 2.75) is 64.6 Å². The van der Waals surface area contributed by atoms with Crippen molar-refractivity contribution in [3.05, 3.63) is 23.4 Å². The van der Waals surface area contributed by atoms with E-state index in [1.807, 2.05) is 6.08 Å². The molecular formula is C19H29NO2. The van der Waals surface area contributed by atoms with E-state index in [9.17, 15) is 10.2 Å². The molecule has 4 N–H and O–H groups in total. The van der Waals surface area contributed by atoms with Crippen molar-refractivity contribution in [2.24, 2.45) is 34.3 Å². The third-order valence-electron chi connectivity index (χ3n) is 7.68. The maximum absolute atomic E-state index is 10.5. The first kappa shape index (κ1) is 14.8. The Morgan fingerprint density at radius 3 is 2.68 bits per heavy atom. The van der Waals surface area contributed by atoms with Crippen molar-refractivity contribution in [1.82, 2.24) is 0 Å². The fraction of sp³-hybridized carbons (Fsp3) is 0.789. The fourth-order valence-electron chi connectivity index (χ4n) is 6.18. The molecule has 0 bridgehead atoms. The van der Waals surface area contributed by atoms with Crippen LogP contribution in [0.2, 0.25) is 0 Å². The molecule has 4 aliphatic rings. The third kappa shape index (κ3) is 1.75. The summed E-state index contributed by atoms with van der Waals surface area (Å²) >= 11 is 0. The Kier molecular flexibility index (Phi) is 3.09. The van der Waals surface area contributed by atoms with Gasteiger partial charge in [-0.15, -0.1) is 0 Å². The van der Waals surface area contributed by atoms with Gasteiger partial charge in [0.25, 0.3) is 0 Å². The highest BCUT2D eigenvalue weighted by Gasteiger charge is 2.57. The SMILES string of the molecule is C[C@]12C=CC(O)CC1CC(N)=C1[C@H]2CC[C@]2(C)C(O)CC[C@@H]12. The van der Waals surface area contributed by atoms with Crippen LogP contribution in [0.1, 0.15) is 52.4 Å². The van der Waals surface area contributed by atoms with Gasteiger partial charge in [-0.25, -0.2) is 0 Å². The molecule has 0 aromatic carbocycles. The van der Waals surface area contributed by atoms with E-state index in [0.717, 1.165) is 44.2 Å². The summed E-state index contributed by atoms with van der Waals surface area (Å²) in [4.78, 5) is 0. The lowest BCUT2D eigenvalue weighted by Crippen LogP contribution is -2.50. The first-order chi connectivity index (χ1) is 10.4. The number of aliphatic hydroxyl groups is 2. The van der Waals surface area contributed by atoms with E-state index in [1.54, 1.807) is 0 Å². The number of hydrogen-bond acceptors (Lipinski definition) is 3. The zero-order valence-corrected chi connectivity index (χ0v) is 13.8. The molecule has 3 nitrogen and oxygen atoms in total. The van der Waals surface area contributed by atoms with Crippen LogP contribution in [0.15, 0.2) is 23.4 Å². The molecule has 4 rings (SSSR count). The van der Waals surface area contributed by atoms with Gasteiger partial charge in [-0.2, -0.15) is 0 Å². The predicted octanol–water partition coefficient (Wildman–Crippen LogP) is 2.73. The van der Waals surface area contributed by atoms with E-state index in [2.05, 4.69) is 19.9 Å². The molecule has 0 radical (unpaired) electrons. The molecule has 3 heteroatoms. The molecule has 0 heterocycles. The highest BCUT2D eigenvalue weighted by Crippen LogP contribution is 2.64. The zero-order valence-electron chi connectivity index (χ0n) is 13.8. The summed E-state index contributed by atoms with van der Waals surface area (Å²) in [5.74, 6) is 1.41. The molecule has 0 aromatic rings. The van der Waals surface area contributed by atoms with Gasteiger partial charge in [0.2, 0.25) is 0 Å². The van der Waals surface area contributed by atoms with Crippen LogP contribution < -0.4 is 5.73 Å². The summed E-state index contributed by atoms with van der Waals surface area (Å²) in [6.07, 6.45) is 9.74. The van der Waals surface area contributed by atoms with Crippen molar-refractivity contribution in [1.29, 1.82) is 0 Å². The average Bonchev–Trinajstić information content (AvgIpc) is 2.77. The first-order valence-corrected chi connectivity index (χ1v) is 8.90. The number of aliphatic hydroxyl groups excluding tert-OH is 2. The molecular weight excluding hydrogens is 274 g/mol. The van der Waals surface area contributed by atoms with Gasteiger partial charge in [-0.1, -0.05) is 26.0 Å². The quantitative estimate of drug-likeness (QED) is 0.603. The average molecular weight is 303 g/mol. The largest absolute Gasteiger partial charge is 0.402 e. The molecule has 4 aliphatic carbocycles. The summed E-state index contributed by atoms with van der Waals surface area (Å²) < 4.78 is 0. The molecule has 0 spiro atoms. The van der Waals surface area contributed by atoms with Gasteiger partial charge < -0.3 is 15.9 Å². The van der Waals surface area contributed by atoms with Crippen LogP contribution >= 0.6 is 0 Å². The molecule has 22 heavy (non-hydrogen) atoms. The number of fused-ring (bicyclic) bond motifs is 5. The molecule has 2 saturated carbocycles. The van der Waals surface area contributed by atoms with E-state index in [1.165, 1.54) is 5.57 Å². The van der Waals surface area contributed by atoms with Crippen molar-refractivity contribution in [3.8, 4) is 0 Å². The lowest BCUT2D eigenvalue weighted by Gasteiger charge is -2.56. The Morgan fingerprint density at radius 2 is 1.91 bits per heavy atom. The van der Waals surface area contributed by atoms with Gasteiger partial charge in [0.05, 0.1) is 12.2 Å². The Labute approximate surface area is 133 Å². The smallest absolute Gasteiger partial charge is 0.0724 e. The van der Waals surface area contributed by atoms with Crippen molar-refractivity contribution in [2.75, 3.05) is 0 Å². The molecule has 7 atom stereocenters. The van der Waals surface area contributed by atoms with Crippen LogP contribution in [0.3, 0.4) is 0 Å². The molecule has 122 valence electrons. The maximum atomic E-state index is 10.5. The van der Waals surface area contributed by atoms with Crippen LogP contribution in [0.25, 0.3) is 0 Å². The van der Waals surface area contributed by atoms with Gasteiger partial charge in [0, 0.05) is 11.1 Å². The summed E-state index contributed by atoms with van der Waals surface area (Å²) in [6, 6.07) is 0. The highest BCUT2D eigenvalue weighted by molar-refractivity contribution is 5.34. The van der Waals surface area contributed by atoms with Gasteiger partial charge >= 0.3 is 0 Å². The second-order valence-corrected chi connectivity index (χ2v) is 8.65. The van der Waals surface area contributed by atoms with Gasteiger partial charge in [0.15, 0.2) is 0 Å². The lowest BCUT2D eigenvalue weighted by molar-refractivity contribution is -0.00935. The zero-order chi connectivity index (χ0) is 15.7. The number of hydrogen-bond donors (Lipinski definition) is 3. The maximum Gasteiger partial charge on any atom is 0.0724 e. The van der Waals surface area contributed by atoms with Crippen LogP contribution in [0.4, 0.5) is 0 Å². The third-order valence-corrected chi connectivity index (χ3v) is 7.68. The molecule has 0 amide bonds. The number of nitrogens with two attached hydrogens (primary N) is 1. The number of allylic oxidation sites excluding steroid dienone is 3. The minimum atomic E-state index is -0.311. The molecule has 0 aliphatic heterocycles. The topological polar surface area (TPSA) is 66.5 Å². The van der Waals surface area contributed by atoms with E-state index in [0.29, 0.717) is 17.8 Å². The molecule has 2 fully saturated rings. The Morgan fingerprint density at radius 1 is 1.14 bits per heavy atom. The highest BCUT2D eigenvalue weighted by atomic mass is 16.3. The first-order valence-electron chi connectivity index (χ1n) is 8.90. The monoisotopic (exact) mass is 303 g/mol. The Bertz CT molecular complexity index is 554. The predicted molar refractivity (Wildman–Crippen MR) is 86.8 cm³/mol. The minimum Gasteiger partial charge on any atom is -0.402 e. The number of rotatable bonds is 0. The van der Waals surface area contributed by atoms with E-state index < -0.39 is 0 Å². The Hall–Kier alpha value is -0.800. The molecule has 0 aromatic heterocycles. The minimum absolute atomic E-state index is 0.0253. The summed E-state index contributed by atoms with van der Waals surface area (Å²) in [7, 11) is 0. The van der Waals surface area contributed by atoms with Crippen LogP contribution in [-0.4, -0.2) is 22.4 Å². The van der Waals surface area contributed by atoms with Gasteiger partial charge in [-0.05, 0) is 67.3 Å². The van der Waals surface area contributed by atoms with Gasteiger partial charge in [0.1, 0.15) is 0 Å². The van der Waals surface area contributed by atoms with Crippen LogP contribution in [-0.2, 0) is 0 Å². The van der Waals surface area contributed by atoms with Crippen molar-refractivity contribution >= 4 is 0 Å². The summed E-state index contributed by atoms with van der Waals surface area (Å²) in [6.45, 7) is 4.63. The molecule has 0 saturated heterocycles. The van der Waals surface area contributed by atoms with Crippen molar-refractivity contribution in [3.63, 3.8) is 0 Å². The second-order valence-electron chi connectivity index (χ2n) is 8.65.